The number of hydrogen-bond donors (Lipinski definition) is 2. The van der Waals surface area contributed by atoms with Crippen LogP contribution in [0.15, 0.2) is 6.33 Å². The Bertz CT molecular complexity index is 403. The third-order valence-corrected chi connectivity index (χ3v) is 4.92. The number of imidazole rings is 1. The van der Waals surface area contributed by atoms with Crippen LogP contribution in [-0.4, -0.2) is 39.2 Å². The van der Waals surface area contributed by atoms with E-state index in [4.69, 9.17) is 0 Å². The fraction of sp³-hybridized carbons (Fsp3) is 0.786. The number of aliphatic hydroxyl groups is 1. The van der Waals surface area contributed by atoms with Gasteiger partial charge in [-0.05, 0) is 51.5 Å². The molecule has 4 atom stereocenters. The zero-order chi connectivity index (χ0) is 12.7. The largest absolute Gasteiger partial charge is 0.393 e. The molecule has 4 heteroatoms. The number of hydrogen-bond acceptors (Lipinski definition) is 3. The predicted molar refractivity (Wildman–Crippen MR) is 70.0 cm³/mol. The molecular formula is C14H23N3O. The molecule has 2 N–H and O–H groups in total. The molecule has 0 aliphatic heterocycles. The van der Waals surface area contributed by atoms with Gasteiger partial charge in [0.2, 0.25) is 0 Å². The number of rotatable bonds is 3. The van der Waals surface area contributed by atoms with E-state index in [0.717, 1.165) is 36.9 Å². The van der Waals surface area contributed by atoms with Crippen molar-refractivity contribution in [3.8, 4) is 0 Å². The summed E-state index contributed by atoms with van der Waals surface area (Å²) in [6.45, 7) is 3.01. The molecule has 4 nitrogen and oxygen atoms in total. The minimum Gasteiger partial charge on any atom is -0.393 e. The van der Waals surface area contributed by atoms with Gasteiger partial charge >= 0.3 is 0 Å². The molecule has 2 saturated carbocycles. The Morgan fingerprint density at radius 1 is 1.33 bits per heavy atom. The van der Waals surface area contributed by atoms with Crippen molar-refractivity contribution in [1.82, 2.24) is 14.9 Å². The lowest BCUT2D eigenvalue weighted by molar-refractivity contribution is 0.157. The molecule has 0 aromatic carbocycles. The van der Waals surface area contributed by atoms with Gasteiger partial charge in [0.25, 0.3) is 0 Å². The van der Waals surface area contributed by atoms with Crippen LogP contribution in [-0.2, 0) is 6.54 Å². The number of nitrogens with zero attached hydrogens (tertiary/aromatic N) is 2. The first-order chi connectivity index (χ1) is 8.63. The van der Waals surface area contributed by atoms with Crippen LogP contribution in [0.25, 0.3) is 0 Å². The summed E-state index contributed by atoms with van der Waals surface area (Å²) in [6.07, 6.45) is 6.30. The van der Waals surface area contributed by atoms with Crippen molar-refractivity contribution >= 4 is 0 Å². The Balaban J connectivity index is 1.59. The summed E-state index contributed by atoms with van der Waals surface area (Å²) >= 11 is 0. The van der Waals surface area contributed by atoms with Gasteiger partial charge in [-0.1, -0.05) is 0 Å². The van der Waals surface area contributed by atoms with E-state index in [1.54, 1.807) is 6.33 Å². The highest BCUT2D eigenvalue weighted by Gasteiger charge is 2.42. The van der Waals surface area contributed by atoms with Crippen LogP contribution in [0.2, 0.25) is 0 Å². The second kappa shape index (κ2) is 4.67. The van der Waals surface area contributed by atoms with Crippen LogP contribution in [0, 0.1) is 18.8 Å². The maximum absolute atomic E-state index is 9.68. The van der Waals surface area contributed by atoms with Crippen LogP contribution in [0.3, 0.4) is 0 Å². The van der Waals surface area contributed by atoms with E-state index < -0.39 is 0 Å². The molecule has 1 heterocycles. The van der Waals surface area contributed by atoms with E-state index in [-0.39, 0.29) is 6.10 Å². The Morgan fingerprint density at radius 2 is 2.00 bits per heavy atom. The minimum absolute atomic E-state index is 0.0279. The predicted octanol–water partition coefficient (Wildman–Crippen LogP) is 1.70. The minimum atomic E-state index is -0.0279. The molecule has 0 saturated heterocycles. The first-order valence-electron chi connectivity index (χ1n) is 7.00. The Kier molecular flexibility index (Phi) is 3.16. The molecule has 2 unspecified atom stereocenters. The zero-order valence-corrected chi connectivity index (χ0v) is 11.3. The Hall–Kier alpha value is -0.870. The topological polar surface area (TPSA) is 52.2 Å². The molecule has 2 fully saturated rings. The summed E-state index contributed by atoms with van der Waals surface area (Å²) in [5.74, 6) is 1.51. The number of aromatic amines is 1. The second-order valence-corrected chi connectivity index (χ2v) is 6.16. The molecule has 2 aliphatic rings. The van der Waals surface area contributed by atoms with Crippen molar-refractivity contribution in [2.24, 2.45) is 11.8 Å². The molecule has 0 bridgehead atoms. The van der Waals surface area contributed by atoms with Gasteiger partial charge in [0.05, 0.1) is 18.1 Å². The average molecular weight is 249 g/mol. The van der Waals surface area contributed by atoms with Crippen LogP contribution < -0.4 is 0 Å². The van der Waals surface area contributed by atoms with E-state index in [2.05, 4.69) is 28.8 Å². The maximum Gasteiger partial charge on any atom is 0.0925 e. The van der Waals surface area contributed by atoms with Crippen LogP contribution in [0.5, 0.6) is 0 Å². The van der Waals surface area contributed by atoms with E-state index in [1.807, 2.05) is 0 Å². The normalized spacial score (nSPS) is 35.3. The summed E-state index contributed by atoms with van der Waals surface area (Å²) in [4.78, 5) is 9.95. The van der Waals surface area contributed by atoms with E-state index in [9.17, 15) is 5.11 Å². The van der Waals surface area contributed by atoms with Crippen molar-refractivity contribution < 1.29 is 5.11 Å². The van der Waals surface area contributed by atoms with Gasteiger partial charge in [0.15, 0.2) is 0 Å². The summed E-state index contributed by atoms with van der Waals surface area (Å²) < 4.78 is 0. The second-order valence-electron chi connectivity index (χ2n) is 6.16. The van der Waals surface area contributed by atoms with Crippen LogP contribution >= 0.6 is 0 Å². The molecule has 0 spiro atoms. The van der Waals surface area contributed by atoms with Crippen molar-refractivity contribution in [3.05, 3.63) is 17.7 Å². The van der Waals surface area contributed by atoms with E-state index in [1.165, 1.54) is 18.5 Å². The van der Waals surface area contributed by atoms with Gasteiger partial charge in [-0.25, -0.2) is 4.98 Å². The van der Waals surface area contributed by atoms with Crippen molar-refractivity contribution in [2.45, 2.75) is 51.3 Å². The monoisotopic (exact) mass is 249 g/mol. The average Bonchev–Trinajstić information content (AvgIpc) is 2.94. The summed E-state index contributed by atoms with van der Waals surface area (Å²) in [6, 6.07) is 0.670. The number of nitrogens with one attached hydrogen (secondary N) is 1. The lowest BCUT2D eigenvalue weighted by atomic mass is 10.0. The van der Waals surface area contributed by atoms with E-state index in [0.29, 0.717) is 6.04 Å². The van der Waals surface area contributed by atoms with Gasteiger partial charge in [-0.2, -0.15) is 0 Å². The van der Waals surface area contributed by atoms with Crippen LogP contribution in [0.4, 0.5) is 0 Å². The number of aromatic nitrogens is 2. The Morgan fingerprint density at radius 3 is 2.56 bits per heavy atom. The SMILES string of the molecule is Cc1[nH]cnc1CN(C)C1C[C@H]2CC(O)C[C@H]2C1. The molecule has 3 rings (SSSR count). The number of aliphatic hydroxyl groups excluding tert-OH is 1. The fourth-order valence-electron chi connectivity index (χ4n) is 3.82. The fourth-order valence-corrected chi connectivity index (χ4v) is 3.82. The van der Waals surface area contributed by atoms with Gasteiger partial charge in [0, 0.05) is 18.3 Å². The van der Waals surface area contributed by atoms with Gasteiger partial charge in [-0.3, -0.25) is 4.90 Å². The third kappa shape index (κ3) is 2.19. The highest BCUT2D eigenvalue weighted by Crippen LogP contribution is 2.45. The molecule has 18 heavy (non-hydrogen) atoms. The molecule has 1 aromatic rings. The van der Waals surface area contributed by atoms with Crippen molar-refractivity contribution in [3.63, 3.8) is 0 Å². The zero-order valence-electron chi connectivity index (χ0n) is 11.3. The van der Waals surface area contributed by atoms with Crippen molar-refractivity contribution in [1.29, 1.82) is 0 Å². The van der Waals surface area contributed by atoms with Gasteiger partial charge in [-0.15, -0.1) is 0 Å². The van der Waals surface area contributed by atoms with Crippen molar-refractivity contribution in [2.75, 3.05) is 7.05 Å². The first kappa shape index (κ1) is 12.2. The van der Waals surface area contributed by atoms with E-state index >= 15 is 0 Å². The van der Waals surface area contributed by atoms with Crippen LogP contribution in [0.1, 0.15) is 37.1 Å². The number of fused-ring (bicyclic) bond motifs is 1. The molecule has 100 valence electrons. The quantitative estimate of drug-likeness (QED) is 0.857. The number of aryl methyl sites for hydroxylation is 1. The Labute approximate surface area is 108 Å². The lowest BCUT2D eigenvalue weighted by Gasteiger charge is -2.24. The number of H-pyrrole nitrogens is 1. The highest BCUT2D eigenvalue weighted by molar-refractivity contribution is 5.08. The third-order valence-electron chi connectivity index (χ3n) is 4.92. The van der Waals surface area contributed by atoms with Gasteiger partial charge in [0.1, 0.15) is 0 Å². The smallest absolute Gasteiger partial charge is 0.0925 e. The lowest BCUT2D eigenvalue weighted by Crippen LogP contribution is -2.30. The van der Waals surface area contributed by atoms with Gasteiger partial charge < -0.3 is 10.1 Å². The molecular weight excluding hydrogens is 226 g/mol. The highest BCUT2D eigenvalue weighted by atomic mass is 16.3. The molecule has 0 amide bonds. The summed E-state index contributed by atoms with van der Waals surface area (Å²) in [7, 11) is 2.20. The summed E-state index contributed by atoms with van der Waals surface area (Å²) in [5.41, 5.74) is 2.34. The molecule has 2 aliphatic carbocycles. The molecule has 1 aromatic heterocycles. The summed E-state index contributed by atoms with van der Waals surface area (Å²) in [5, 5.41) is 9.68. The molecule has 0 radical (unpaired) electrons. The first-order valence-corrected chi connectivity index (χ1v) is 7.00. The standard InChI is InChI=1S/C14H23N3O/c1-9-14(16-8-15-9)7-17(2)12-3-10-5-13(18)6-11(10)4-12/h8,10-13,18H,3-7H2,1-2H3,(H,15,16)/t10-,11+,12?,13?. The maximum atomic E-state index is 9.68.